The molecule has 0 fully saturated rings. The highest BCUT2D eigenvalue weighted by atomic mass is 32.2. The van der Waals surface area contributed by atoms with Gasteiger partial charge in [-0.3, -0.25) is 4.79 Å². The lowest BCUT2D eigenvalue weighted by molar-refractivity contribution is -0.120. The fraction of sp³-hybridized carbons (Fsp3) is 0.909. The van der Waals surface area contributed by atoms with E-state index < -0.39 is 0 Å². The van der Waals surface area contributed by atoms with Gasteiger partial charge in [0.25, 0.3) is 0 Å². The maximum atomic E-state index is 11.5. The summed E-state index contributed by atoms with van der Waals surface area (Å²) < 4.78 is 0. The summed E-state index contributed by atoms with van der Waals surface area (Å²) in [4.78, 5) is 11.5. The van der Waals surface area contributed by atoms with Crippen LogP contribution in [0.5, 0.6) is 0 Å². The number of thioether (sulfide) groups is 1. The Bertz CT molecular complexity index is 176. The van der Waals surface area contributed by atoms with Gasteiger partial charge in [-0.2, -0.15) is 0 Å². The normalized spacial score (nSPS) is 14.7. The van der Waals surface area contributed by atoms with E-state index in [0.717, 1.165) is 19.4 Å². The number of hydrogen-bond acceptors (Lipinski definition) is 3. The van der Waals surface area contributed by atoms with E-state index in [9.17, 15) is 4.79 Å². The fourth-order valence-electron chi connectivity index (χ4n) is 1.18. The van der Waals surface area contributed by atoms with Crippen LogP contribution in [0.25, 0.3) is 0 Å². The Morgan fingerprint density at radius 3 is 2.60 bits per heavy atom. The van der Waals surface area contributed by atoms with Gasteiger partial charge >= 0.3 is 0 Å². The summed E-state index contributed by atoms with van der Waals surface area (Å²) in [6, 6.07) is 0. The average molecular weight is 233 g/mol. The monoisotopic (exact) mass is 233 g/mol. The van der Waals surface area contributed by atoms with Gasteiger partial charge in [0, 0.05) is 11.8 Å². The highest BCUT2D eigenvalue weighted by molar-refractivity contribution is 8.01. The minimum Gasteiger partial charge on any atom is -0.395 e. The lowest BCUT2D eigenvalue weighted by Gasteiger charge is -2.15. The molecule has 1 amide bonds. The van der Waals surface area contributed by atoms with Crippen molar-refractivity contribution in [2.24, 2.45) is 0 Å². The van der Waals surface area contributed by atoms with Crippen molar-refractivity contribution in [2.45, 2.75) is 50.5 Å². The number of carbonyl (C=O) groups is 1. The van der Waals surface area contributed by atoms with Gasteiger partial charge < -0.3 is 10.4 Å². The molecule has 0 aromatic rings. The molecule has 0 aliphatic carbocycles. The van der Waals surface area contributed by atoms with Crippen LogP contribution in [0, 0.1) is 0 Å². The van der Waals surface area contributed by atoms with E-state index in [4.69, 9.17) is 5.11 Å². The van der Waals surface area contributed by atoms with Crippen LogP contribution < -0.4 is 5.32 Å². The lowest BCUT2D eigenvalue weighted by Crippen LogP contribution is -2.32. The van der Waals surface area contributed by atoms with Gasteiger partial charge in [0.15, 0.2) is 0 Å². The SMILES string of the molecule is CCCCCNC(=O)C(C)SC(C)CO. The quantitative estimate of drug-likeness (QED) is 0.628. The van der Waals surface area contributed by atoms with Gasteiger partial charge in [0.05, 0.1) is 11.9 Å². The second-order valence-corrected chi connectivity index (χ2v) is 5.55. The number of carbonyl (C=O) groups excluding carboxylic acids is 1. The fourth-order valence-corrected chi connectivity index (χ4v) is 2.17. The van der Waals surface area contributed by atoms with Gasteiger partial charge in [0.1, 0.15) is 0 Å². The zero-order valence-electron chi connectivity index (χ0n) is 9.95. The summed E-state index contributed by atoms with van der Waals surface area (Å²) in [6.07, 6.45) is 3.38. The van der Waals surface area contributed by atoms with E-state index in [-0.39, 0.29) is 23.0 Å². The Balaban J connectivity index is 3.60. The third-order valence-corrected chi connectivity index (χ3v) is 3.38. The number of unbranched alkanes of at least 4 members (excludes halogenated alkanes) is 2. The lowest BCUT2D eigenvalue weighted by atomic mass is 10.2. The van der Waals surface area contributed by atoms with Crippen LogP contribution >= 0.6 is 11.8 Å². The van der Waals surface area contributed by atoms with Crippen LogP contribution in [0.4, 0.5) is 0 Å². The minimum absolute atomic E-state index is 0.0752. The first-order chi connectivity index (χ1) is 7.11. The molecule has 90 valence electrons. The van der Waals surface area contributed by atoms with Crippen molar-refractivity contribution in [3.63, 3.8) is 0 Å². The van der Waals surface area contributed by atoms with E-state index in [1.165, 1.54) is 18.2 Å². The van der Waals surface area contributed by atoms with Crippen molar-refractivity contribution in [1.82, 2.24) is 5.32 Å². The maximum Gasteiger partial charge on any atom is 0.232 e. The van der Waals surface area contributed by atoms with Crippen molar-refractivity contribution in [3.8, 4) is 0 Å². The molecule has 0 saturated heterocycles. The summed E-state index contributed by atoms with van der Waals surface area (Å²) in [5.41, 5.74) is 0. The van der Waals surface area contributed by atoms with E-state index in [0.29, 0.717) is 0 Å². The number of rotatable bonds is 8. The molecule has 2 atom stereocenters. The van der Waals surface area contributed by atoms with Gasteiger partial charge in [0.2, 0.25) is 5.91 Å². The van der Waals surface area contributed by atoms with Crippen LogP contribution in [0.2, 0.25) is 0 Å². The highest BCUT2D eigenvalue weighted by Crippen LogP contribution is 2.16. The summed E-state index contributed by atoms with van der Waals surface area (Å²) in [6.45, 7) is 6.84. The van der Waals surface area contributed by atoms with Gasteiger partial charge in [-0.15, -0.1) is 11.8 Å². The number of hydrogen-bond donors (Lipinski definition) is 2. The molecule has 3 nitrogen and oxygen atoms in total. The molecule has 0 aliphatic heterocycles. The Morgan fingerprint density at radius 2 is 2.07 bits per heavy atom. The van der Waals surface area contributed by atoms with Crippen molar-refractivity contribution < 1.29 is 9.90 Å². The topological polar surface area (TPSA) is 49.3 Å². The Hall–Kier alpha value is -0.220. The van der Waals surface area contributed by atoms with Crippen LogP contribution in [-0.4, -0.2) is 34.7 Å². The molecule has 0 rings (SSSR count). The molecule has 0 saturated carbocycles. The van der Waals surface area contributed by atoms with Crippen LogP contribution in [0.1, 0.15) is 40.0 Å². The molecule has 2 N–H and O–H groups in total. The van der Waals surface area contributed by atoms with Crippen LogP contribution in [-0.2, 0) is 4.79 Å². The highest BCUT2D eigenvalue weighted by Gasteiger charge is 2.15. The molecule has 4 heteroatoms. The molecular formula is C11H23NO2S. The van der Waals surface area contributed by atoms with Crippen LogP contribution in [0.3, 0.4) is 0 Å². The Labute approximate surface area is 97.0 Å². The maximum absolute atomic E-state index is 11.5. The summed E-state index contributed by atoms with van der Waals surface area (Å²) >= 11 is 1.51. The number of aliphatic hydroxyl groups excluding tert-OH is 1. The zero-order chi connectivity index (χ0) is 11.7. The number of nitrogens with one attached hydrogen (secondary N) is 1. The largest absolute Gasteiger partial charge is 0.395 e. The van der Waals surface area contributed by atoms with Crippen molar-refractivity contribution in [2.75, 3.05) is 13.2 Å². The summed E-state index contributed by atoms with van der Waals surface area (Å²) in [5, 5.41) is 11.8. The molecule has 0 bridgehead atoms. The standard InChI is InChI=1S/C11H23NO2S/c1-4-5-6-7-12-11(14)10(3)15-9(2)8-13/h9-10,13H,4-8H2,1-3H3,(H,12,14). The minimum atomic E-state index is -0.0752. The smallest absolute Gasteiger partial charge is 0.232 e. The summed E-state index contributed by atoms with van der Waals surface area (Å²) in [7, 11) is 0. The van der Waals surface area contributed by atoms with E-state index in [1.54, 1.807) is 0 Å². The molecule has 0 heterocycles. The van der Waals surface area contributed by atoms with Crippen molar-refractivity contribution >= 4 is 17.7 Å². The second kappa shape index (κ2) is 9.04. The van der Waals surface area contributed by atoms with Gasteiger partial charge in [-0.25, -0.2) is 0 Å². The van der Waals surface area contributed by atoms with Gasteiger partial charge in [-0.1, -0.05) is 26.7 Å². The summed E-state index contributed by atoms with van der Waals surface area (Å²) in [5.74, 6) is 0.0800. The molecule has 2 unspecified atom stereocenters. The Morgan fingerprint density at radius 1 is 1.40 bits per heavy atom. The van der Waals surface area contributed by atoms with Crippen molar-refractivity contribution in [1.29, 1.82) is 0 Å². The number of amides is 1. The predicted octanol–water partition coefficient (Wildman–Crippen LogP) is 1.80. The second-order valence-electron chi connectivity index (χ2n) is 3.77. The van der Waals surface area contributed by atoms with E-state index in [2.05, 4.69) is 12.2 Å². The molecule has 15 heavy (non-hydrogen) atoms. The molecular weight excluding hydrogens is 210 g/mol. The third-order valence-electron chi connectivity index (χ3n) is 2.14. The third kappa shape index (κ3) is 7.68. The molecule has 0 spiro atoms. The number of aliphatic hydroxyl groups is 1. The zero-order valence-corrected chi connectivity index (χ0v) is 10.8. The van der Waals surface area contributed by atoms with E-state index in [1.807, 2.05) is 13.8 Å². The van der Waals surface area contributed by atoms with Crippen molar-refractivity contribution in [3.05, 3.63) is 0 Å². The first-order valence-corrected chi connectivity index (χ1v) is 6.60. The molecule has 0 aromatic carbocycles. The Kier molecular flexibility index (Phi) is 8.91. The molecule has 0 aromatic heterocycles. The van der Waals surface area contributed by atoms with Crippen LogP contribution in [0.15, 0.2) is 0 Å². The van der Waals surface area contributed by atoms with Gasteiger partial charge in [-0.05, 0) is 13.3 Å². The first kappa shape index (κ1) is 14.8. The predicted molar refractivity (Wildman–Crippen MR) is 66.1 cm³/mol. The molecule has 0 radical (unpaired) electrons. The first-order valence-electron chi connectivity index (χ1n) is 5.65. The van der Waals surface area contributed by atoms with E-state index >= 15 is 0 Å². The average Bonchev–Trinajstić information content (AvgIpc) is 2.23. The molecule has 0 aliphatic rings.